The van der Waals surface area contributed by atoms with Crippen LogP contribution in [0, 0.1) is 0 Å². The summed E-state index contributed by atoms with van der Waals surface area (Å²) in [6, 6.07) is 7.67. The fourth-order valence-electron chi connectivity index (χ4n) is 2.08. The first-order valence-corrected chi connectivity index (χ1v) is 8.32. The summed E-state index contributed by atoms with van der Waals surface area (Å²) in [4.78, 5) is 30.9. The van der Waals surface area contributed by atoms with Gasteiger partial charge in [0, 0.05) is 28.6 Å². The van der Waals surface area contributed by atoms with Gasteiger partial charge in [0.1, 0.15) is 6.54 Å². The second kappa shape index (κ2) is 6.28. The maximum atomic E-state index is 12.2. The highest BCUT2D eigenvalue weighted by Crippen LogP contribution is 2.33. The molecule has 1 aliphatic rings. The van der Waals surface area contributed by atoms with E-state index in [0.717, 1.165) is 16.3 Å². The van der Waals surface area contributed by atoms with E-state index in [2.05, 4.69) is 10.3 Å². The number of nitrogens with zero attached hydrogens (tertiary/aromatic N) is 2. The molecular formula is C14H13N3O2S2. The van der Waals surface area contributed by atoms with E-state index in [1.807, 2.05) is 24.3 Å². The van der Waals surface area contributed by atoms with E-state index < -0.39 is 0 Å². The van der Waals surface area contributed by atoms with E-state index in [4.69, 9.17) is 0 Å². The van der Waals surface area contributed by atoms with Gasteiger partial charge in [-0.05, 0) is 12.1 Å². The zero-order valence-corrected chi connectivity index (χ0v) is 12.7. The fourth-order valence-corrected chi connectivity index (χ4v) is 3.62. The molecule has 7 heteroatoms. The second-order valence-corrected chi connectivity index (χ2v) is 6.46. The predicted octanol–water partition coefficient (Wildman–Crippen LogP) is 2.61. The van der Waals surface area contributed by atoms with Gasteiger partial charge in [0.05, 0.1) is 5.69 Å². The van der Waals surface area contributed by atoms with Crippen LogP contribution in [0.15, 0.2) is 40.7 Å². The largest absolute Gasteiger partial charge is 0.302 e. The molecule has 21 heavy (non-hydrogen) atoms. The number of thiazole rings is 1. The first-order chi connectivity index (χ1) is 10.2. The molecule has 0 bridgehead atoms. The molecule has 0 saturated heterocycles. The molecule has 0 saturated carbocycles. The van der Waals surface area contributed by atoms with Crippen LogP contribution < -0.4 is 10.2 Å². The summed E-state index contributed by atoms with van der Waals surface area (Å²) in [7, 11) is 0. The number of rotatable bonds is 3. The summed E-state index contributed by atoms with van der Waals surface area (Å²) in [5.41, 5.74) is 0.805. The molecule has 2 heterocycles. The van der Waals surface area contributed by atoms with Gasteiger partial charge in [-0.15, -0.1) is 23.1 Å². The molecule has 1 aliphatic heterocycles. The number of para-hydroxylation sites is 1. The third-order valence-electron chi connectivity index (χ3n) is 3.01. The van der Waals surface area contributed by atoms with Crippen LogP contribution in [0.2, 0.25) is 0 Å². The minimum Gasteiger partial charge on any atom is -0.302 e. The lowest BCUT2D eigenvalue weighted by molar-refractivity contribution is -0.121. The van der Waals surface area contributed by atoms with Gasteiger partial charge in [0.2, 0.25) is 11.8 Å². The van der Waals surface area contributed by atoms with Crippen molar-refractivity contribution < 1.29 is 9.59 Å². The molecule has 2 amide bonds. The molecule has 1 N–H and O–H groups in total. The molecule has 108 valence electrons. The van der Waals surface area contributed by atoms with Gasteiger partial charge < -0.3 is 10.2 Å². The summed E-state index contributed by atoms with van der Waals surface area (Å²) < 4.78 is 0. The highest BCUT2D eigenvalue weighted by Gasteiger charge is 2.24. The number of benzene rings is 1. The van der Waals surface area contributed by atoms with Crippen molar-refractivity contribution in [2.24, 2.45) is 0 Å². The van der Waals surface area contributed by atoms with Crippen molar-refractivity contribution in [1.82, 2.24) is 4.98 Å². The molecule has 0 aliphatic carbocycles. The zero-order valence-electron chi connectivity index (χ0n) is 11.1. The van der Waals surface area contributed by atoms with Gasteiger partial charge >= 0.3 is 0 Å². The van der Waals surface area contributed by atoms with Crippen LogP contribution in [0.5, 0.6) is 0 Å². The predicted molar refractivity (Wildman–Crippen MR) is 84.9 cm³/mol. The van der Waals surface area contributed by atoms with Crippen LogP contribution in [-0.2, 0) is 9.59 Å². The number of thioether (sulfide) groups is 1. The molecule has 0 atom stereocenters. The Morgan fingerprint density at radius 2 is 2.24 bits per heavy atom. The lowest BCUT2D eigenvalue weighted by atomic mass is 10.2. The van der Waals surface area contributed by atoms with Crippen molar-refractivity contribution in [1.29, 1.82) is 0 Å². The van der Waals surface area contributed by atoms with Crippen molar-refractivity contribution in [3.63, 3.8) is 0 Å². The number of fused-ring (bicyclic) bond motifs is 1. The topological polar surface area (TPSA) is 62.3 Å². The van der Waals surface area contributed by atoms with Gasteiger partial charge in [-0.25, -0.2) is 4.98 Å². The standard InChI is InChI=1S/C14H13N3O2S2/c18-12(16-14-15-6-8-21-14)9-17-10-3-1-2-4-11(10)20-7-5-13(17)19/h1-4,6,8H,5,7,9H2,(H,15,16,18). The monoisotopic (exact) mass is 319 g/mol. The number of carbonyl (C=O) groups excluding carboxylic acids is 2. The number of anilines is 2. The van der Waals surface area contributed by atoms with E-state index in [9.17, 15) is 9.59 Å². The molecule has 0 unspecified atom stereocenters. The van der Waals surface area contributed by atoms with Gasteiger partial charge in [-0.2, -0.15) is 0 Å². The summed E-state index contributed by atoms with van der Waals surface area (Å²) >= 11 is 3.00. The average molecular weight is 319 g/mol. The molecule has 1 aromatic carbocycles. The summed E-state index contributed by atoms with van der Waals surface area (Å²) in [5.74, 6) is 0.474. The molecule has 3 rings (SSSR count). The molecule has 2 aromatic rings. The summed E-state index contributed by atoms with van der Waals surface area (Å²) in [5, 5.41) is 5.05. The molecule has 0 fully saturated rings. The first-order valence-electron chi connectivity index (χ1n) is 6.45. The average Bonchev–Trinajstić information content (AvgIpc) is 2.92. The molecule has 0 spiro atoms. The Hall–Kier alpha value is -1.86. The Morgan fingerprint density at radius 3 is 3.05 bits per heavy atom. The zero-order chi connectivity index (χ0) is 14.7. The Morgan fingerprint density at radius 1 is 1.38 bits per heavy atom. The van der Waals surface area contributed by atoms with Crippen LogP contribution in [0.1, 0.15) is 6.42 Å². The lowest BCUT2D eigenvalue weighted by Gasteiger charge is -2.21. The number of aromatic nitrogens is 1. The molecule has 0 radical (unpaired) electrons. The van der Waals surface area contributed by atoms with E-state index in [1.54, 1.807) is 28.2 Å². The quantitative estimate of drug-likeness (QED) is 0.944. The normalized spacial score (nSPS) is 14.5. The van der Waals surface area contributed by atoms with E-state index >= 15 is 0 Å². The van der Waals surface area contributed by atoms with E-state index in [0.29, 0.717) is 11.6 Å². The Kier molecular flexibility index (Phi) is 4.21. The minimum absolute atomic E-state index is 0.00991. The molecule has 5 nitrogen and oxygen atoms in total. The van der Waals surface area contributed by atoms with Crippen molar-refractivity contribution in [3.05, 3.63) is 35.8 Å². The fraction of sp³-hybridized carbons (Fsp3) is 0.214. The van der Waals surface area contributed by atoms with Crippen molar-refractivity contribution in [3.8, 4) is 0 Å². The Balaban J connectivity index is 1.79. The van der Waals surface area contributed by atoms with Crippen LogP contribution in [0.4, 0.5) is 10.8 Å². The van der Waals surface area contributed by atoms with Crippen molar-refractivity contribution >= 4 is 45.7 Å². The van der Waals surface area contributed by atoms with Gasteiger partial charge in [0.15, 0.2) is 5.13 Å². The van der Waals surface area contributed by atoms with Crippen LogP contribution in [0.3, 0.4) is 0 Å². The van der Waals surface area contributed by atoms with Gasteiger partial charge in [0.25, 0.3) is 0 Å². The van der Waals surface area contributed by atoms with Crippen LogP contribution in [-0.4, -0.2) is 29.1 Å². The second-order valence-electron chi connectivity index (χ2n) is 4.43. The number of amides is 2. The van der Waals surface area contributed by atoms with Crippen molar-refractivity contribution in [2.45, 2.75) is 11.3 Å². The number of nitrogens with one attached hydrogen (secondary N) is 1. The Labute approximate surface area is 130 Å². The highest BCUT2D eigenvalue weighted by atomic mass is 32.2. The smallest absolute Gasteiger partial charge is 0.246 e. The third kappa shape index (κ3) is 3.25. The molecular weight excluding hydrogens is 306 g/mol. The number of hydrogen-bond acceptors (Lipinski definition) is 5. The van der Waals surface area contributed by atoms with Crippen LogP contribution >= 0.6 is 23.1 Å². The van der Waals surface area contributed by atoms with E-state index in [-0.39, 0.29) is 18.4 Å². The molecule has 1 aromatic heterocycles. The number of hydrogen-bond donors (Lipinski definition) is 1. The first kappa shape index (κ1) is 14.1. The SMILES string of the molecule is O=C(CN1C(=O)CCSc2ccccc21)Nc1nccs1. The van der Waals surface area contributed by atoms with E-state index in [1.165, 1.54) is 11.3 Å². The minimum atomic E-state index is -0.236. The third-order valence-corrected chi connectivity index (χ3v) is 4.76. The van der Waals surface area contributed by atoms with Gasteiger partial charge in [-0.1, -0.05) is 12.1 Å². The Bertz CT molecular complexity index is 658. The van der Waals surface area contributed by atoms with Crippen LogP contribution in [0.25, 0.3) is 0 Å². The lowest BCUT2D eigenvalue weighted by Crippen LogP contribution is -2.37. The van der Waals surface area contributed by atoms with Crippen molar-refractivity contribution in [2.75, 3.05) is 22.5 Å². The maximum Gasteiger partial charge on any atom is 0.246 e. The van der Waals surface area contributed by atoms with Gasteiger partial charge in [-0.3, -0.25) is 9.59 Å². The highest BCUT2D eigenvalue weighted by molar-refractivity contribution is 7.99. The number of carbonyl (C=O) groups is 2. The summed E-state index contributed by atoms with van der Waals surface area (Å²) in [6.07, 6.45) is 2.06. The summed E-state index contributed by atoms with van der Waals surface area (Å²) in [6.45, 7) is 0.00991. The maximum absolute atomic E-state index is 12.2.